The van der Waals surface area contributed by atoms with Crippen LogP contribution in [0.25, 0.3) is 0 Å². The molecule has 1 aromatic rings. The van der Waals surface area contributed by atoms with E-state index in [0.29, 0.717) is 6.42 Å². The smallest absolute Gasteiger partial charge is 0.303 e. The first kappa shape index (κ1) is 11.2. The van der Waals surface area contributed by atoms with Gasteiger partial charge in [0, 0.05) is 17.3 Å². The molecule has 1 unspecified atom stereocenters. The van der Waals surface area contributed by atoms with Gasteiger partial charge in [0.15, 0.2) is 0 Å². The van der Waals surface area contributed by atoms with Crippen molar-refractivity contribution in [3.8, 4) is 0 Å². The van der Waals surface area contributed by atoms with Crippen LogP contribution >= 0.6 is 11.3 Å². The standard InChI is InChI=1S/C10H15NO2S/c1-7-5-6-14-10(7)8(11-2)3-4-9(12)13/h5-6,8,11H,3-4H2,1-2H3,(H,12,13). The summed E-state index contributed by atoms with van der Waals surface area (Å²) < 4.78 is 0. The van der Waals surface area contributed by atoms with E-state index in [-0.39, 0.29) is 12.5 Å². The molecule has 0 aromatic carbocycles. The number of hydrogen-bond donors (Lipinski definition) is 2. The molecule has 1 atom stereocenters. The zero-order valence-electron chi connectivity index (χ0n) is 8.41. The predicted molar refractivity (Wildman–Crippen MR) is 57.7 cm³/mol. The average molecular weight is 213 g/mol. The Bertz CT molecular complexity index is 309. The van der Waals surface area contributed by atoms with E-state index in [0.717, 1.165) is 0 Å². The summed E-state index contributed by atoms with van der Waals surface area (Å²) in [6, 6.07) is 2.23. The van der Waals surface area contributed by atoms with Gasteiger partial charge in [0.2, 0.25) is 0 Å². The molecule has 0 bridgehead atoms. The highest BCUT2D eigenvalue weighted by molar-refractivity contribution is 7.10. The normalized spacial score (nSPS) is 12.7. The van der Waals surface area contributed by atoms with Gasteiger partial charge in [0.25, 0.3) is 0 Å². The fourth-order valence-corrected chi connectivity index (χ4v) is 2.49. The van der Waals surface area contributed by atoms with Crippen LogP contribution < -0.4 is 5.32 Å². The minimum atomic E-state index is -0.737. The van der Waals surface area contributed by atoms with Gasteiger partial charge >= 0.3 is 5.97 Å². The fraction of sp³-hybridized carbons (Fsp3) is 0.500. The van der Waals surface area contributed by atoms with Crippen molar-refractivity contribution in [2.45, 2.75) is 25.8 Å². The summed E-state index contributed by atoms with van der Waals surface area (Å²) in [5, 5.41) is 13.8. The second kappa shape index (κ2) is 5.12. The van der Waals surface area contributed by atoms with Crippen LogP contribution in [0.4, 0.5) is 0 Å². The Kier molecular flexibility index (Phi) is 4.10. The molecule has 0 saturated carbocycles. The number of thiophene rings is 1. The lowest BCUT2D eigenvalue weighted by Gasteiger charge is -2.14. The highest BCUT2D eigenvalue weighted by Crippen LogP contribution is 2.26. The van der Waals surface area contributed by atoms with Crippen molar-refractivity contribution in [1.82, 2.24) is 5.32 Å². The maximum absolute atomic E-state index is 10.4. The van der Waals surface area contributed by atoms with E-state index in [9.17, 15) is 4.79 Å². The first-order valence-electron chi connectivity index (χ1n) is 4.58. The summed E-state index contributed by atoms with van der Waals surface area (Å²) in [6.45, 7) is 2.05. The van der Waals surface area contributed by atoms with E-state index < -0.39 is 5.97 Å². The van der Waals surface area contributed by atoms with Gasteiger partial charge in [0.05, 0.1) is 0 Å². The van der Waals surface area contributed by atoms with Gasteiger partial charge in [-0.15, -0.1) is 11.3 Å². The number of carboxylic acid groups (broad SMARTS) is 1. The number of hydrogen-bond acceptors (Lipinski definition) is 3. The third kappa shape index (κ3) is 2.82. The predicted octanol–water partition coefficient (Wildman–Crippen LogP) is 2.18. The molecule has 78 valence electrons. The largest absolute Gasteiger partial charge is 0.481 e. The van der Waals surface area contributed by atoms with Crippen LogP contribution in [-0.4, -0.2) is 18.1 Å². The van der Waals surface area contributed by atoms with Crippen LogP contribution in [0, 0.1) is 6.92 Å². The van der Waals surface area contributed by atoms with E-state index in [1.807, 2.05) is 12.4 Å². The van der Waals surface area contributed by atoms with Crippen molar-refractivity contribution in [2.75, 3.05) is 7.05 Å². The molecule has 1 heterocycles. The molecule has 2 N–H and O–H groups in total. The first-order valence-corrected chi connectivity index (χ1v) is 5.46. The summed E-state index contributed by atoms with van der Waals surface area (Å²) in [5.74, 6) is -0.737. The highest BCUT2D eigenvalue weighted by atomic mass is 32.1. The Hall–Kier alpha value is -0.870. The summed E-state index contributed by atoms with van der Waals surface area (Å²) >= 11 is 1.68. The third-order valence-electron chi connectivity index (χ3n) is 2.21. The zero-order chi connectivity index (χ0) is 10.6. The molecule has 0 aliphatic rings. The number of aliphatic carboxylic acids is 1. The van der Waals surface area contributed by atoms with Crippen molar-refractivity contribution in [2.24, 2.45) is 0 Å². The van der Waals surface area contributed by atoms with Crippen molar-refractivity contribution in [1.29, 1.82) is 0 Å². The molecule has 0 spiro atoms. The number of carboxylic acids is 1. The summed E-state index contributed by atoms with van der Waals surface area (Å²) in [5.41, 5.74) is 1.24. The second-order valence-corrected chi connectivity index (χ2v) is 4.19. The first-order chi connectivity index (χ1) is 6.65. The Morgan fingerprint density at radius 2 is 2.43 bits per heavy atom. The Morgan fingerprint density at radius 3 is 2.86 bits per heavy atom. The lowest BCUT2D eigenvalue weighted by atomic mass is 10.1. The molecule has 0 aliphatic carbocycles. The van der Waals surface area contributed by atoms with Gasteiger partial charge in [-0.1, -0.05) is 0 Å². The van der Waals surface area contributed by atoms with Gasteiger partial charge in [-0.05, 0) is 37.4 Å². The van der Waals surface area contributed by atoms with Crippen LogP contribution in [0.15, 0.2) is 11.4 Å². The molecule has 0 aliphatic heterocycles. The summed E-state index contributed by atoms with van der Waals surface area (Å²) in [7, 11) is 1.87. The SMILES string of the molecule is CNC(CCC(=O)O)c1sccc1C. The molecule has 4 heteroatoms. The molecule has 0 amide bonds. The Morgan fingerprint density at radius 1 is 1.71 bits per heavy atom. The average Bonchev–Trinajstić information content (AvgIpc) is 2.53. The van der Waals surface area contributed by atoms with Crippen LogP contribution in [0.5, 0.6) is 0 Å². The zero-order valence-corrected chi connectivity index (χ0v) is 9.23. The van der Waals surface area contributed by atoms with Gasteiger partial charge in [-0.25, -0.2) is 0 Å². The van der Waals surface area contributed by atoms with Gasteiger partial charge in [-0.3, -0.25) is 4.79 Å². The van der Waals surface area contributed by atoms with Crippen molar-refractivity contribution in [3.05, 3.63) is 21.9 Å². The second-order valence-electron chi connectivity index (χ2n) is 3.24. The molecule has 0 fully saturated rings. The maximum atomic E-state index is 10.4. The molecule has 1 rings (SSSR count). The van der Waals surface area contributed by atoms with Crippen molar-refractivity contribution in [3.63, 3.8) is 0 Å². The number of nitrogens with one attached hydrogen (secondary N) is 1. The topological polar surface area (TPSA) is 49.3 Å². The van der Waals surface area contributed by atoms with Crippen LogP contribution in [0.3, 0.4) is 0 Å². The van der Waals surface area contributed by atoms with Crippen molar-refractivity contribution >= 4 is 17.3 Å². The number of carbonyl (C=O) groups is 1. The monoisotopic (exact) mass is 213 g/mol. The third-order valence-corrected chi connectivity index (χ3v) is 3.35. The molecular weight excluding hydrogens is 198 g/mol. The highest BCUT2D eigenvalue weighted by Gasteiger charge is 2.14. The van der Waals surface area contributed by atoms with Gasteiger partial charge in [0.1, 0.15) is 0 Å². The molecular formula is C10H15NO2S. The van der Waals surface area contributed by atoms with Crippen molar-refractivity contribution < 1.29 is 9.90 Å². The van der Waals surface area contributed by atoms with Crippen LogP contribution in [0.1, 0.15) is 29.3 Å². The molecule has 0 saturated heterocycles. The molecule has 0 radical (unpaired) electrons. The van der Waals surface area contributed by atoms with Gasteiger partial charge < -0.3 is 10.4 Å². The van der Waals surface area contributed by atoms with E-state index in [1.165, 1.54) is 10.4 Å². The minimum absolute atomic E-state index is 0.172. The molecule has 3 nitrogen and oxygen atoms in total. The quantitative estimate of drug-likeness (QED) is 0.788. The van der Waals surface area contributed by atoms with E-state index in [2.05, 4.69) is 18.3 Å². The molecule has 14 heavy (non-hydrogen) atoms. The van der Waals surface area contributed by atoms with Gasteiger partial charge in [-0.2, -0.15) is 0 Å². The van der Waals surface area contributed by atoms with E-state index >= 15 is 0 Å². The van der Waals surface area contributed by atoms with Crippen LogP contribution in [-0.2, 0) is 4.79 Å². The molecule has 1 aromatic heterocycles. The van der Waals surface area contributed by atoms with E-state index in [1.54, 1.807) is 11.3 Å². The number of rotatable bonds is 5. The maximum Gasteiger partial charge on any atom is 0.303 e. The van der Waals surface area contributed by atoms with Crippen LogP contribution in [0.2, 0.25) is 0 Å². The lowest BCUT2D eigenvalue weighted by molar-refractivity contribution is -0.137. The Balaban J connectivity index is 2.63. The Labute approximate surface area is 87.8 Å². The number of aryl methyl sites for hydroxylation is 1. The lowest BCUT2D eigenvalue weighted by Crippen LogP contribution is -2.17. The fourth-order valence-electron chi connectivity index (χ4n) is 1.42. The minimum Gasteiger partial charge on any atom is -0.481 e. The summed E-state index contributed by atoms with van der Waals surface area (Å²) in [4.78, 5) is 11.7. The summed E-state index contributed by atoms with van der Waals surface area (Å²) in [6.07, 6.45) is 0.857. The van der Waals surface area contributed by atoms with E-state index in [4.69, 9.17) is 5.11 Å².